The van der Waals surface area contributed by atoms with Crippen molar-refractivity contribution in [3.05, 3.63) is 65.9 Å². The normalized spacial score (nSPS) is 10.6. The van der Waals surface area contributed by atoms with Crippen molar-refractivity contribution in [2.24, 2.45) is 0 Å². The van der Waals surface area contributed by atoms with E-state index in [1.54, 1.807) is 0 Å². The van der Waals surface area contributed by atoms with Gasteiger partial charge in [0.15, 0.2) is 0 Å². The van der Waals surface area contributed by atoms with Crippen molar-refractivity contribution in [2.75, 3.05) is 0 Å². The highest BCUT2D eigenvalue weighted by Crippen LogP contribution is 2.25. The molecule has 3 rings (SSSR count). The van der Waals surface area contributed by atoms with E-state index in [-0.39, 0.29) is 12.6 Å². The summed E-state index contributed by atoms with van der Waals surface area (Å²) in [5.41, 5.74) is 3.94. The number of aromatic nitrogens is 1. The highest BCUT2D eigenvalue weighted by molar-refractivity contribution is 5.88. The first-order valence-electron chi connectivity index (χ1n) is 7.22. The number of carbonyl (C=O) groups excluding carboxylic acids is 1. The van der Waals surface area contributed by atoms with Crippen LogP contribution in [0.15, 0.2) is 54.6 Å². The standard InChI is InChI=1S/C19H17NO2/c1-13-7-9-15(10-8-13)18-11-16-5-3-4-6-17(16)19(20-18)12-22-14(2)21/h3-11H,12H2,1-2H3. The van der Waals surface area contributed by atoms with Gasteiger partial charge in [-0.2, -0.15) is 0 Å². The summed E-state index contributed by atoms with van der Waals surface area (Å²) in [7, 11) is 0. The van der Waals surface area contributed by atoms with Gasteiger partial charge in [-0.25, -0.2) is 4.98 Å². The lowest BCUT2D eigenvalue weighted by atomic mass is 10.0. The van der Waals surface area contributed by atoms with Gasteiger partial charge < -0.3 is 4.74 Å². The number of ether oxygens (including phenoxy) is 1. The maximum absolute atomic E-state index is 11.1. The SMILES string of the molecule is CC(=O)OCc1nc(-c2ccc(C)cc2)cc2ccccc12. The number of fused-ring (bicyclic) bond motifs is 1. The van der Waals surface area contributed by atoms with Gasteiger partial charge in [-0.05, 0) is 18.4 Å². The van der Waals surface area contributed by atoms with Crippen LogP contribution in [0, 0.1) is 6.92 Å². The number of pyridine rings is 1. The molecule has 0 fully saturated rings. The summed E-state index contributed by atoms with van der Waals surface area (Å²) in [6.07, 6.45) is 0. The monoisotopic (exact) mass is 291 g/mol. The molecular formula is C19H17NO2. The van der Waals surface area contributed by atoms with Crippen molar-refractivity contribution >= 4 is 16.7 Å². The number of benzene rings is 2. The van der Waals surface area contributed by atoms with Gasteiger partial charge in [0.2, 0.25) is 0 Å². The molecule has 3 heteroatoms. The summed E-state index contributed by atoms with van der Waals surface area (Å²) >= 11 is 0. The van der Waals surface area contributed by atoms with Crippen LogP contribution in [0.4, 0.5) is 0 Å². The Bertz CT molecular complexity index is 822. The summed E-state index contributed by atoms with van der Waals surface area (Å²) < 4.78 is 5.14. The Morgan fingerprint density at radius 1 is 1.09 bits per heavy atom. The zero-order valence-electron chi connectivity index (χ0n) is 12.7. The first-order chi connectivity index (χ1) is 10.6. The van der Waals surface area contributed by atoms with E-state index in [1.165, 1.54) is 12.5 Å². The number of hydrogen-bond acceptors (Lipinski definition) is 3. The van der Waals surface area contributed by atoms with Crippen molar-refractivity contribution in [3.8, 4) is 11.3 Å². The van der Waals surface area contributed by atoms with E-state index < -0.39 is 0 Å². The quantitative estimate of drug-likeness (QED) is 0.676. The van der Waals surface area contributed by atoms with E-state index >= 15 is 0 Å². The molecule has 0 aliphatic heterocycles. The molecule has 2 aromatic carbocycles. The van der Waals surface area contributed by atoms with E-state index in [4.69, 9.17) is 9.72 Å². The summed E-state index contributed by atoms with van der Waals surface area (Å²) in [5.74, 6) is -0.299. The Kier molecular flexibility index (Phi) is 3.88. The molecule has 1 heterocycles. The molecule has 22 heavy (non-hydrogen) atoms. The van der Waals surface area contributed by atoms with Crippen molar-refractivity contribution in [2.45, 2.75) is 20.5 Å². The Labute approximate surface area is 129 Å². The molecule has 0 aliphatic rings. The Morgan fingerprint density at radius 2 is 1.82 bits per heavy atom. The number of rotatable bonds is 3. The molecule has 3 nitrogen and oxygen atoms in total. The van der Waals surface area contributed by atoms with Crippen LogP contribution in [0.5, 0.6) is 0 Å². The predicted octanol–water partition coefficient (Wildman–Crippen LogP) is 4.27. The highest BCUT2D eigenvalue weighted by Gasteiger charge is 2.09. The van der Waals surface area contributed by atoms with Gasteiger partial charge in [-0.15, -0.1) is 0 Å². The van der Waals surface area contributed by atoms with E-state index in [1.807, 2.05) is 24.3 Å². The molecule has 0 N–H and O–H groups in total. The van der Waals surface area contributed by atoms with Crippen LogP contribution in [0.3, 0.4) is 0 Å². The van der Waals surface area contributed by atoms with Gasteiger partial charge in [0, 0.05) is 17.9 Å². The summed E-state index contributed by atoms with van der Waals surface area (Å²) in [4.78, 5) is 15.8. The van der Waals surface area contributed by atoms with Crippen LogP contribution in [0.25, 0.3) is 22.0 Å². The molecule has 1 aromatic heterocycles. The molecule has 0 spiro atoms. The average molecular weight is 291 g/mol. The van der Waals surface area contributed by atoms with Crippen LogP contribution in [0.1, 0.15) is 18.2 Å². The van der Waals surface area contributed by atoms with E-state index in [0.717, 1.165) is 27.7 Å². The summed E-state index contributed by atoms with van der Waals surface area (Å²) in [6, 6.07) is 18.3. The molecule has 0 saturated carbocycles. The first-order valence-corrected chi connectivity index (χ1v) is 7.22. The second kappa shape index (κ2) is 5.98. The topological polar surface area (TPSA) is 39.2 Å². The van der Waals surface area contributed by atoms with Gasteiger partial charge >= 0.3 is 5.97 Å². The minimum Gasteiger partial charge on any atom is -0.459 e. The Morgan fingerprint density at radius 3 is 2.55 bits per heavy atom. The van der Waals surface area contributed by atoms with Crippen molar-refractivity contribution in [1.29, 1.82) is 0 Å². The van der Waals surface area contributed by atoms with Gasteiger partial charge in [0.25, 0.3) is 0 Å². The van der Waals surface area contributed by atoms with Gasteiger partial charge in [0.05, 0.1) is 11.4 Å². The first kappa shape index (κ1) is 14.3. The number of esters is 1. The van der Waals surface area contributed by atoms with Crippen LogP contribution in [-0.4, -0.2) is 11.0 Å². The highest BCUT2D eigenvalue weighted by atomic mass is 16.5. The third-order valence-electron chi connectivity index (χ3n) is 3.58. The minimum absolute atomic E-state index is 0.190. The molecule has 0 saturated heterocycles. The lowest BCUT2D eigenvalue weighted by Gasteiger charge is -2.10. The van der Waals surface area contributed by atoms with Crippen molar-refractivity contribution in [3.63, 3.8) is 0 Å². The lowest BCUT2D eigenvalue weighted by molar-refractivity contribution is -0.142. The Balaban J connectivity index is 2.11. The van der Waals surface area contributed by atoms with Gasteiger partial charge in [-0.3, -0.25) is 4.79 Å². The van der Waals surface area contributed by atoms with Gasteiger partial charge in [-0.1, -0.05) is 54.1 Å². The number of hydrogen-bond donors (Lipinski definition) is 0. The van der Waals surface area contributed by atoms with Crippen LogP contribution in [-0.2, 0) is 16.1 Å². The lowest BCUT2D eigenvalue weighted by Crippen LogP contribution is -2.02. The zero-order valence-corrected chi connectivity index (χ0v) is 12.7. The maximum atomic E-state index is 11.1. The molecule has 0 bridgehead atoms. The van der Waals surface area contributed by atoms with Crippen LogP contribution >= 0.6 is 0 Å². The molecule has 0 unspecified atom stereocenters. The molecule has 0 aliphatic carbocycles. The third kappa shape index (κ3) is 2.98. The average Bonchev–Trinajstić information content (AvgIpc) is 2.53. The fraction of sp³-hybridized carbons (Fsp3) is 0.158. The predicted molar refractivity (Wildman–Crippen MR) is 87.4 cm³/mol. The molecule has 0 atom stereocenters. The summed E-state index contributed by atoms with van der Waals surface area (Å²) in [5, 5.41) is 2.11. The second-order valence-corrected chi connectivity index (χ2v) is 5.32. The van der Waals surface area contributed by atoms with Crippen molar-refractivity contribution < 1.29 is 9.53 Å². The summed E-state index contributed by atoms with van der Waals surface area (Å²) in [6.45, 7) is 3.66. The molecular weight excluding hydrogens is 274 g/mol. The fourth-order valence-corrected chi connectivity index (χ4v) is 2.42. The zero-order chi connectivity index (χ0) is 15.5. The van der Waals surface area contributed by atoms with E-state index in [9.17, 15) is 4.79 Å². The second-order valence-electron chi connectivity index (χ2n) is 5.32. The van der Waals surface area contributed by atoms with Crippen molar-refractivity contribution in [1.82, 2.24) is 4.98 Å². The molecule has 3 aromatic rings. The van der Waals surface area contributed by atoms with Crippen LogP contribution in [0.2, 0.25) is 0 Å². The molecule has 110 valence electrons. The molecule has 0 radical (unpaired) electrons. The number of carbonyl (C=O) groups is 1. The number of aryl methyl sites for hydroxylation is 1. The van der Waals surface area contributed by atoms with Crippen LogP contribution < -0.4 is 0 Å². The number of nitrogens with zero attached hydrogens (tertiary/aromatic N) is 1. The largest absolute Gasteiger partial charge is 0.459 e. The molecule has 0 amide bonds. The van der Waals surface area contributed by atoms with Gasteiger partial charge in [0.1, 0.15) is 6.61 Å². The Hall–Kier alpha value is -2.68. The minimum atomic E-state index is -0.299. The third-order valence-corrected chi connectivity index (χ3v) is 3.58. The maximum Gasteiger partial charge on any atom is 0.303 e. The van der Waals surface area contributed by atoms with E-state index in [2.05, 4.69) is 37.3 Å². The van der Waals surface area contributed by atoms with E-state index in [0.29, 0.717) is 0 Å². The smallest absolute Gasteiger partial charge is 0.303 e. The fourth-order valence-electron chi connectivity index (χ4n) is 2.42.